The van der Waals surface area contributed by atoms with Gasteiger partial charge >= 0.3 is 7.80 Å². The van der Waals surface area contributed by atoms with Crippen molar-refractivity contribution in [3.63, 3.8) is 0 Å². The highest BCUT2D eigenvalue weighted by Gasteiger charge is 2.29. The maximum atomic E-state index is 13.6. The van der Waals surface area contributed by atoms with Crippen molar-refractivity contribution in [1.29, 1.82) is 0 Å². The highest BCUT2D eigenvalue weighted by Crippen LogP contribution is 2.23. The molecule has 0 fully saturated rings. The second kappa shape index (κ2) is 5.20. The Bertz CT molecular complexity index is 551. The lowest BCUT2D eigenvalue weighted by molar-refractivity contribution is 0.594. The molecule has 0 aliphatic carbocycles. The fourth-order valence-corrected chi connectivity index (χ4v) is 3.22. The average Bonchev–Trinajstić information content (AvgIpc) is 2.38. The zero-order chi connectivity index (χ0) is 12.3. The largest absolute Gasteiger partial charge is 0.418 e. The van der Waals surface area contributed by atoms with E-state index in [-0.39, 0.29) is 5.30 Å². The van der Waals surface area contributed by atoms with Crippen LogP contribution in [0.4, 0.5) is 4.39 Å². The predicted octanol–water partition coefficient (Wildman–Crippen LogP) is 3.17. The van der Waals surface area contributed by atoms with Crippen molar-refractivity contribution in [2.45, 2.75) is 13.3 Å². The fraction of sp³-hybridized carbons (Fsp3) is 0.143. The summed E-state index contributed by atoms with van der Waals surface area (Å²) in [5.41, 5.74) is 1.01. The normalized spacial score (nSPS) is 11.3. The van der Waals surface area contributed by atoms with Gasteiger partial charge in [-0.05, 0) is 24.6 Å². The van der Waals surface area contributed by atoms with Crippen LogP contribution in [0.1, 0.15) is 12.5 Å². The van der Waals surface area contributed by atoms with Gasteiger partial charge in [0.15, 0.2) is 11.1 Å². The third-order valence-corrected chi connectivity index (χ3v) is 4.34. The van der Waals surface area contributed by atoms with Crippen LogP contribution < -0.4 is 10.6 Å². The first kappa shape index (κ1) is 11.9. The summed E-state index contributed by atoms with van der Waals surface area (Å²) in [5, 5.41) is 1.01. The zero-order valence-electron chi connectivity index (χ0n) is 9.56. The molecule has 0 N–H and O–H groups in total. The first-order valence-corrected chi connectivity index (χ1v) is 6.79. The van der Waals surface area contributed by atoms with Gasteiger partial charge in [0.1, 0.15) is 0 Å². The van der Waals surface area contributed by atoms with Crippen molar-refractivity contribution in [2.75, 3.05) is 0 Å². The minimum atomic E-state index is -1.84. The Kier molecular flexibility index (Phi) is 3.65. The second-order valence-corrected chi connectivity index (χ2v) is 5.28. The van der Waals surface area contributed by atoms with E-state index < -0.39 is 13.6 Å². The van der Waals surface area contributed by atoms with Gasteiger partial charge in [0.05, 0.1) is 0 Å². The Morgan fingerprint density at radius 2 is 1.59 bits per heavy atom. The molecule has 0 aliphatic rings. The second-order valence-electron chi connectivity index (χ2n) is 3.73. The summed E-state index contributed by atoms with van der Waals surface area (Å²) in [4.78, 5) is 0. The first-order chi connectivity index (χ1) is 8.24. The Morgan fingerprint density at radius 1 is 1.00 bits per heavy atom. The molecule has 0 amide bonds. The Labute approximate surface area is 101 Å². The van der Waals surface area contributed by atoms with E-state index >= 15 is 0 Å². The van der Waals surface area contributed by atoms with Crippen LogP contribution in [-0.4, -0.2) is 0 Å². The number of benzene rings is 2. The van der Waals surface area contributed by atoms with Crippen LogP contribution in [0.5, 0.6) is 0 Å². The molecule has 2 aromatic carbocycles. The summed E-state index contributed by atoms with van der Waals surface area (Å²) < 4.78 is 25.9. The van der Waals surface area contributed by atoms with Gasteiger partial charge < -0.3 is 0 Å². The highest BCUT2D eigenvalue weighted by molar-refractivity contribution is 7.61. The topological polar surface area (TPSA) is 17.1 Å². The summed E-state index contributed by atoms with van der Waals surface area (Å²) in [6, 6.07) is 13.7. The van der Waals surface area contributed by atoms with Crippen molar-refractivity contribution in [3.05, 3.63) is 59.9 Å². The van der Waals surface area contributed by atoms with E-state index in [0.29, 0.717) is 0 Å². The Hall–Kier alpha value is -1.53. The maximum absolute atomic E-state index is 13.6. The van der Waals surface area contributed by atoms with Gasteiger partial charge in [-0.1, -0.05) is 41.8 Å². The molecule has 0 aliphatic heterocycles. The summed E-state index contributed by atoms with van der Waals surface area (Å²) >= 11 is 0. The molecule has 0 heterocycles. The zero-order valence-corrected chi connectivity index (χ0v) is 10.5. The summed E-state index contributed by atoms with van der Waals surface area (Å²) in [6.07, 6.45) is 0.797. The number of halogens is 1. The van der Waals surface area contributed by atoms with Gasteiger partial charge in [-0.2, -0.15) is 0 Å². The Balaban J connectivity index is 2.48. The van der Waals surface area contributed by atoms with Gasteiger partial charge in [-0.15, -0.1) is 0 Å². The van der Waals surface area contributed by atoms with Crippen molar-refractivity contribution >= 4 is 18.4 Å². The van der Waals surface area contributed by atoms with Gasteiger partial charge in [0.25, 0.3) is 0 Å². The predicted molar refractivity (Wildman–Crippen MR) is 69.1 cm³/mol. The van der Waals surface area contributed by atoms with Gasteiger partial charge in [-0.25, -0.2) is 4.39 Å². The lowest BCUT2D eigenvalue weighted by Gasteiger charge is -1.97. The van der Waals surface area contributed by atoms with Crippen LogP contribution >= 0.6 is 7.80 Å². The van der Waals surface area contributed by atoms with Crippen molar-refractivity contribution in [3.8, 4) is 0 Å². The molecule has 0 radical (unpaired) electrons. The smallest absolute Gasteiger partial charge is 0.202 e. The monoisotopic (exact) mass is 247 g/mol. The summed E-state index contributed by atoms with van der Waals surface area (Å²) in [5.74, 6) is -0.403. The lowest BCUT2D eigenvalue weighted by atomic mass is 10.2. The van der Waals surface area contributed by atoms with E-state index in [4.69, 9.17) is 0 Å². The molecular weight excluding hydrogens is 234 g/mol. The molecular formula is C14H13FOP+. The molecule has 86 valence electrons. The molecule has 0 spiro atoms. The number of aryl methyl sites for hydroxylation is 1. The van der Waals surface area contributed by atoms with Crippen molar-refractivity contribution in [1.82, 2.24) is 0 Å². The van der Waals surface area contributed by atoms with Gasteiger partial charge in [0, 0.05) is 5.56 Å². The molecule has 0 aromatic heterocycles. The van der Waals surface area contributed by atoms with Gasteiger partial charge in [0.2, 0.25) is 5.30 Å². The van der Waals surface area contributed by atoms with Crippen LogP contribution in [0.3, 0.4) is 0 Å². The minimum absolute atomic E-state index is 0.281. The van der Waals surface area contributed by atoms with E-state index in [0.717, 1.165) is 17.3 Å². The SMILES string of the molecule is CCc1ccccc1[P+](=O)c1ccccc1F. The molecule has 17 heavy (non-hydrogen) atoms. The molecule has 3 heteroatoms. The third-order valence-electron chi connectivity index (χ3n) is 2.66. The van der Waals surface area contributed by atoms with E-state index in [1.165, 1.54) is 6.07 Å². The quantitative estimate of drug-likeness (QED) is 0.761. The molecule has 1 nitrogen and oxygen atoms in total. The summed E-state index contributed by atoms with van der Waals surface area (Å²) in [6.45, 7) is 2.00. The molecule has 2 aromatic rings. The fourth-order valence-electron chi connectivity index (χ4n) is 1.75. The van der Waals surface area contributed by atoms with Crippen molar-refractivity contribution in [2.24, 2.45) is 0 Å². The van der Waals surface area contributed by atoms with E-state index in [9.17, 15) is 8.96 Å². The number of rotatable bonds is 3. The number of hydrogen-bond acceptors (Lipinski definition) is 1. The van der Waals surface area contributed by atoms with E-state index in [1.54, 1.807) is 18.2 Å². The molecule has 2 rings (SSSR count). The minimum Gasteiger partial charge on any atom is -0.202 e. The maximum Gasteiger partial charge on any atom is 0.418 e. The van der Waals surface area contributed by atoms with Crippen LogP contribution in [0.2, 0.25) is 0 Å². The molecule has 0 saturated carbocycles. The average molecular weight is 247 g/mol. The third kappa shape index (κ3) is 2.42. The molecule has 1 unspecified atom stereocenters. The van der Waals surface area contributed by atoms with Crippen molar-refractivity contribution < 1.29 is 8.96 Å². The molecule has 1 atom stereocenters. The molecule has 0 saturated heterocycles. The number of hydrogen-bond donors (Lipinski definition) is 0. The van der Waals surface area contributed by atoms with Crippen LogP contribution in [-0.2, 0) is 11.0 Å². The lowest BCUT2D eigenvalue weighted by Crippen LogP contribution is -2.13. The van der Waals surface area contributed by atoms with E-state index in [1.807, 2.05) is 31.2 Å². The highest BCUT2D eigenvalue weighted by atomic mass is 31.1. The Morgan fingerprint density at radius 3 is 2.24 bits per heavy atom. The molecule has 0 bridgehead atoms. The van der Waals surface area contributed by atoms with Crippen LogP contribution in [0.15, 0.2) is 48.5 Å². The standard InChI is InChI=1S/C14H13FOP/c1-2-11-7-3-5-9-13(11)17(16)14-10-6-4-8-12(14)15/h3-10H,2H2,1H3/q+1. The first-order valence-electron chi connectivity index (χ1n) is 5.53. The van der Waals surface area contributed by atoms with Gasteiger partial charge in [-0.3, -0.25) is 0 Å². The summed E-state index contributed by atoms with van der Waals surface area (Å²) in [7, 11) is -1.84. The van der Waals surface area contributed by atoms with Crippen LogP contribution in [0.25, 0.3) is 0 Å². The van der Waals surface area contributed by atoms with E-state index in [2.05, 4.69) is 0 Å². The van der Waals surface area contributed by atoms with Crippen LogP contribution in [0, 0.1) is 5.82 Å².